The lowest BCUT2D eigenvalue weighted by Crippen LogP contribution is -2.25. The summed E-state index contributed by atoms with van der Waals surface area (Å²) in [5.41, 5.74) is 1.74. The smallest absolute Gasteiger partial charge is 0.251 e. The second-order valence-corrected chi connectivity index (χ2v) is 6.36. The maximum Gasteiger partial charge on any atom is 0.251 e. The highest BCUT2D eigenvalue weighted by atomic mass is 35.5. The van der Waals surface area contributed by atoms with Crippen LogP contribution < -0.4 is 5.32 Å². The highest BCUT2D eigenvalue weighted by Crippen LogP contribution is 2.24. The van der Waals surface area contributed by atoms with Crippen molar-refractivity contribution < 1.29 is 4.79 Å². The lowest BCUT2D eigenvalue weighted by molar-refractivity contribution is 0.0956. The van der Waals surface area contributed by atoms with Gasteiger partial charge in [0.15, 0.2) is 0 Å². The maximum absolute atomic E-state index is 11.8. The summed E-state index contributed by atoms with van der Waals surface area (Å²) in [4.78, 5) is 11.8. The number of hydrogen-bond donors (Lipinski definition) is 1. The Morgan fingerprint density at radius 2 is 1.86 bits per heavy atom. The third-order valence-electron chi connectivity index (χ3n) is 2.84. The van der Waals surface area contributed by atoms with Gasteiger partial charge >= 0.3 is 0 Å². The van der Waals surface area contributed by atoms with Crippen LogP contribution in [0.4, 0.5) is 0 Å². The normalized spacial score (nSPS) is 10.4. The number of carbonyl (C=O) groups excluding carboxylic acids is 1. The number of halogens is 2. The SMILES string of the molecule is O=C(NCCSCc1ccc(Cl)cc1Cl)c1ccccc1. The molecule has 2 nitrogen and oxygen atoms in total. The fraction of sp³-hybridized carbons (Fsp3) is 0.188. The molecule has 0 aliphatic rings. The minimum absolute atomic E-state index is 0.0410. The lowest BCUT2D eigenvalue weighted by atomic mass is 10.2. The number of thioether (sulfide) groups is 1. The summed E-state index contributed by atoms with van der Waals surface area (Å²) in [7, 11) is 0. The van der Waals surface area contributed by atoms with Crippen molar-refractivity contribution >= 4 is 40.9 Å². The summed E-state index contributed by atoms with van der Waals surface area (Å²) in [5, 5.41) is 4.22. The Bertz CT molecular complexity index is 604. The fourth-order valence-electron chi connectivity index (χ4n) is 1.75. The first-order chi connectivity index (χ1) is 10.2. The zero-order valence-corrected chi connectivity index (χ0v) is 13.6. The Morgan fingerprint density at radius 3 is 2.57 bits per heavy atom. The van der Waals surface area contributed by atoms with Crippen molar-refractivity contribution in [1.29, 1.82) is 0 Å². The van der Waals surface area contributed by atoms with Gasteiger partial charge in [-0.15, -0.1) is 0 Å². The third kappa shape index (κ3) is 5.27. The molecule has 1 amide bonds. The van der Waals surface area contributed by atoms with Gasteiger partial charge in [0.2, 0.25) is 0 Å². The number of nitrogens with one attached hydrogen (secondary N) is 1. The minimum Gasteiger partial charge on any atom is -0.351 e. The molecule has 0 radical (unpaired) electrons. The van der Waals surface area contributed by atoms with E-state index in [0.29, 0.717) is 22.2 Å². The van der Waals surface area contributed by atoms with Crippen molar-refractivity contribution in [2.45, 2.75) is 5.75 Å². The van der Waals surface area contributed by atoms with E-state index in [1.807, 2.05) is 30.3 Å². The summed E-state index contributed by atoms with van der Waals surface area (Å²) in [6, 6.07) is 14.7. The van der Waals surface area contributed by atoms with Gasteiger partial charge in [-0.25, -0.2) is 0 Å². The summed E-state index contributed by atoms with van der Waals surface area (Å²) in [5.74, 6) is 1.59. The van der Waals surface area contributed by atoms with Gasteiger partial charge in [0, 0.05) is 33.7 Å². The van der Waals surface area contributed by atoms with E-state index in [4.69, 9.17) is 23.2 Å². The average Bonchev–Trinajstić information content (AvgIpc) is 2.49. The summed E-state index contributed by atoms with van der Waals surface area (Å²) >= 11 is 13.7. The molecule has 0 aromatic heterocycles. The number of benzene rings is 2. The van der Waals surface area contributed by atoms with Crippen LogP contribution in [0.1, 0.15) is 15.9 Å². The molecule has 21 heavy (non-hydrogen) atoms. The van der Waals surface area contributed by atoms with Crippen LogP contribution in [-0.4, -0.2) is 18.2 Å². The average molecular weight is 340 g/mol. The molecule has 2 rings (SSSR count). The van der Waals surface area contributed by atoms with Gasteiger partial charge in [0.1, 0.15) is 0 Å². The van der Waals surface area contributed by atoms with E-state index in [1.54, 1.807) is 30.0 Å². The van der Waals surface area contributed by atoms with Crippen molar-refractivity contribution in [3.63, 3.8) is 0 Å². The van der Waals surface area contributed by atoms with E-state index < -0.39 is 0 Å². The summed E-state index contributed by atoms with van der Waals surface area (Å²) in [6.07, 6.45) is 0. The van der Waals surface area contributed by atoms with Crippen LogP contribution in [0.25, 0.3) is 0 Å². The Balaban J connectivity index is 1.69. The Hall–Kier alpha value is -1.16. The molecule has 1 N–H and O–H groups in total. The molecule has 0 aliphatic carbocycles. The molecule has 2 aromatic rings. The van der Waals surface area contributed by atoms with Gasteiger partial charge in [-0.05, 0) is 29.8 Å². The molecular weight excluding hydrogens is 325 g/mol. The molecule has 5 heteroatoms. The largest absolute Gasteiger partial charge is 0.351 e. The summed E-state index contributed by atoms with van der Waals surface area (Å²) in [6.45, 7) is 0.629. The predicted octanol–water partition coefficient (Wildman–Crippen LogP) is 4.66. The van der Waals surface area contributed by atoms with Crippen LogP contribution >= 0.6 is 35.0 Å². The van der Waals surface area contributed by atoms with E-state index >= 15 is 0 Å². The molecule has 0 spiro atoms. The Morgan fingerprint density at radius 1 is 1.10 bits per heavy atom. The van der Waals surface area contributed by atoms with Crippen LogP contribution in [0.15, 0.2) is 48.5 Å². The topological polar surface area (TPSA) is 29.1 Å². The molecule has 0 unspecified atom stereocenters. The molecule has 0 bridgehead atoms. The molecule has 0 saturated carbocycles. The first kappa shape index (κ1) is 16.2. The number of carbonyl (C=O) groups is 1. The quantitative estimate of drug-likeness (QED) is 0.775. The van der Waals surface area contributed by atoms with Gasteiger partial charge in [-0.1, -0.05) is 47.5 Å². The highest BCUT2D eigenvalue weighted by molar-refractivity contribution is 7.98. The monoisotopic (exact) mass is 339 g/mol. The minimum atomic E-state index is -0.0410. The van der Waals surface area contributed by atoms with Crippen LogP contribution in [0.2, 0.25) is 10.0 Å². The first-order valence-corrected chi connectivity index (χ1v) is 8.43. The van der Waals surface area contributed by atoms with Crippen molar-refractivity contribution in [2.24, 2.45) is 0 Å². The van der Waals surface area contributed by atoms with Gasteiger partial charge in [-0.3, -0.25) is 4.79 Å². The zero-order valence-electron chi connectivity index (χ0n) is 11.3. The highest BCUT2D eigenvalue weighted by Gasteiger charge is 2.04. The van der Waals surface area contributed by atoms with E-state index in [-0.39, 0.29) is 5.91 Å². The van der Waals surface area contributed by atoms with E-state index in [0.717, 1.165) is 17.1 Å². The number of rotatable bonds is 6. The lowest BCUT2D eigenvalue weighted by Gasteiger charge is -2.06. The maximum atomic E-state index is 11.8. The Labute approximate surface area is 138 Å². The van der Waals surface area contributed by atoms with Crippen LogP contribution in [-0.2, 0) is 5.75 Å². The fourth-order valence-corrected chi connectivity index (χ4v) is 3.17. The molecular formula is C16H15Cl2NOS. The first-order valence-electron chi connectivity index (χ1n) is 6.52. The van der Waals surface area contributed by atoms with Crippen molar-refractivity contribution in [3.05, 3.63) is 69.7 Å². The van der Waals surface area contributed by atoms with Gasteiger partial charge in [-0.2, -0.15) is 11.8 Å². The second kappa shape index (κ2) is 8.32. The van der Waals surface area contributed by atoms with E-state index in [1.165, 1.54) is 0 Å². The van der Waals surface area contributed by atoms with Crippen molar-refractivity contribution in [1.82, 2.24) is 5.32 Å². The van der Waals surface area contributed by atoms with Crippen molar-refractivity contribution in [2.75, 3.05) is 12.3 Å². The second-order valence-electron chi connectivity index (χ2n) is 4.41. The standard InChI is InChI=1S/C16H15Cl2NOS/c17-14-7-6-13(15(18)10-14)11-21-9-8-19-16(20)12-4-2-1-3-5-12/h1-7,10H,8-9,11H2,(H,19,20). The molecule has 0 aliphatic heterocycles. The zero-order chi connectivity index (χ0) is 15.1. The van der Waals surface area contributed by atoms with Crippen molar-refractivity contribution in [3.8, 4) is 0 Å². The molecule has 2 aromatic carbocycles. The molecule has 110 valence electrons. The molecule has 0 atom stereocenters. The van der Waals surface area contributed by atoms with Gasteiger partial charge in [0.05, 0.1) is 0 Å². The van der Waals surface area contributed by atoms with E-state index in [2.05, 4.69) is 5.32 Å². The number of amides is 1. The third-order valence-corrected chi connectivity index (χ3v) is 4.44. The van der Waals surface area contributed by atoms with Crippen LogP contribution in [0.5, 0.6) is 0 Å². The van der Waals surface area contributed by atoms with Crippen LogP contribution in [0.3, 0.4) is 0 Å². The van der Waals surface area contributed by atoms with Gasteiger partial charge in [0.25, 0.3) is 5.91 Å². The molecule has 0 heterocycles. The molecule has 0 saturated heterocycles. The van der Waals surface area contributed by atoms with E-state index in [9.17, 15) is 4.79 Å². The number of hydrogen-bond acceptors (Lipinski definition) is 2. The van der Waals surface area contributed by atoms with Gasteiger partial charge < -0.3 is 5.32 Å². The molecule has 0 fully saturated rings. The summed E-state index contributed by atoms with van der Waals surface area (Å²) < 4.78 is 0. The Kier molecular flexibility index (Phi) is 6.43. The predicted molar refractivity (Wildman–Crippen MR) is 91.4 cm³/mol. The van der Waals surface area contributed by atoms with Crippen LogP contribution in [0, 0.1) is 0 Å².